The van der Waals surface area contributed by atoms with Crippen molar-refractivity contribution < 1.29 is 14.3 Å². The van der Waals surface area contributed by atoms with E-state index in [1.165, 1.54) is 7.11 Å². The molecule has 0 radical (unpaired) electrons. The summed E-state index contributed by atoms with van der Waals surface area (Å²) in [5, 5.41) is 3.17. The van der Waals surface area contributed by atoms with E-state index in [1.807, 2.05) is 0 Å². The van der Waals surface area contributed by atoms with Crippen molar-refractivity contribution in [1.29, 1.82) is 0 Å². The molecule has 0 spiro atoms. The first kappa shape index (κ1) is 14.3. The summed E-state index contributed by atoms with van der Waals surface area (Å²) in [6, 6.07) is -0.454. The highest BCUT2D eigenvalue weighted by Gasteiger charge is 2.38. The molecular weight excluding hydrogens is 244 g/mol. The number of halogens is 1. The highest BCUT2D eigenvalue weighted by Crippen LogP contribution is 2.21. The number of ether oxygens (including phenoxy) is 1. The minimum Gasteiger partial charge on any atom is -0.467 e. The molecule has 2 aliphatic heterocycles. The van der Waals surface area contributed by atoms with Crippen LogP contribution >= 0.6 is 12.4 Å². The van der Waals surface area contributed by atoms with E-state index in [-0.39, 0.29) is 36.4 Å². The number of carbonyl (C=O) groups excluding carboxylic acids is 2. The van der Waals surface area contributed by atoms with Gasteiger partial charge in [-0.1, -0.05) is 0 Å². The molecule has 98 valence electrons. The summed E-state index contributed by atoms with van der Waals surface area (Å²) < 4.78 is 4.72. The Hall–Kier alpha value is -0.810. The summed E-state index contributed by atoms with van der Waals surface area (Å²) in [5.74, 6) is -0.228. The normalized spacial score (nSPS) is 27.7. The maximum absolute atomic E-state index is 12.1. The second kappa shape index (κ2) is 6.21. The van der Waals surface area contributed by atoms with Crippen molar-refractivity contribution in [2.45, 2.75) is 37.8 Å². The summed E-state index contributed by atoms with van der Waals surface area (Å²) in [4.78, 5) is 25.3. The zero-order valence-corrected chi connectivity index (χ0v) is 10.8. The van der Waals surface area contributed by atoms with Crippen LogP contribution in [0.2, 0.25) is 0 Å². The average Bonchev–Trinajstić information content (AvgIpc) is 2.97. The molecular formula is C11H19ClN2O3. The van der Waals surface area contributed by atoms with Crippen LogP contribution in [-0.4, -0.2) is 49.1 Å². The van der Waals surface area contributed by atoms with Gasteiger partial charge in [-0.2, -0.15) is 0 Å². The molecule has 1 N–H and O–H groups in total. The Balaban J connectivity index is 0.00000144. The van der Waals surface area contributed by atoms with Crippen molar-refractivity contribution in [2.24, 2.45) is 0 Å². The first-order valence-electron chi connectivity index (χ1n) is 5.85. The molecule has 2 atom stereocenters. The molecule has 2 heterocycles. The Kier molecular flexibility index (Phi) is 5.21. The van der Waals surface area contributed by atoms with Crippen LogP contribution in [0.4, 0.5) is 0 Å². The number of hydrogen-bond donors (Lipinski definition) is 1. The van der Waals surface area contributed by atoms with Crippen LogP contribution in [0.15, 0.2) is 0 Å². The lowest BCUT2D eigenvalue weighted by Crippen LogP contribution is -2.48. The minimum absolute atomic E-state index is 0. The van der Waals surface area contributed by atoms with Gasteiger partial charge in [-0.25, -0.2) is 4.79 Å². The number of esters is 1. The number of carbonyl (C=O) groups is 2. The third-order valence-electron chi connectivity index (χ3n) is 3.37. The first-order valence-corrected chi connectivity index (χ1v) is 5.85. The minimum atomic E-state index is -0.361. The third-order valence-corrected chi connectivity index (χ3v) is 3.37. The molecule has 1 amide bonds. The molecule has 2 saturated heterocycles. The van der Waals surface area contributed by atoms with Crippen molar-refractivity contribution in [2.75, 3.05) is 20.2 Å². The lowest BCUT2D eigenvalue weighted by atomic mass is 10.1. The molecule has 0 aromatic rings. The quantitative estimate of drug-likeness (QED) is 0.729. The Bertz CT molecular complexity index is 292. The standard InChI is InChI=1S/C11H18N2O3.ClH/c1-16-11(15)9-5-3-7-13(9)10(14)8-4-2-6-12-8;/h8-9,12H,2-7H2,1H3;1H/t8?,9-;/m0./s1. The average molecular weight is 263 g/mol. The van der Waals surface area contributed by atoms with Gasteiger partial charge >= 0.3 is 5.97 Å². The molecule has 2 aliphatic rings. The molecule has 0 aliphatic carbocycles. The summed E-state index contributed by atoms with van der Waals surface area (Å²) in [7, 11) is 1.37. The van der Waals surface area contributed by atoms with Crippen LogP contribution in [0.25, 0.3) is 0 Å². The number of nitrogens with zero attached hydrogens (tertiary/aromatic N) is 1. The Morgan fingerprint density at radius 3 is 2.65 bits per heavy atom. The zero-order valence-electron chi connectivity index (χ0n) is 9.98. The van der Waals surface area contributed by atoms with Gasteiger partial charge in [-0.15, -0.1) is 12.4 Å². The van der Waals surface area contributed by atoms with Gasteiger partial charge in [0.25, 0.3) is 0 Å². The zero-order chi connectivity index (χ0) is 11.5. The fourth-order valence-corrected chi connectivity index (χ4v) is 2.51. The van der Waals surface area contributed by atoms with Crippen molar-refractivity contribution in [3.63, 3.8) is 0 Å². The second-order valence-corrected chi connectivity index (χ2v) is 4.36. The number of likely N-dealkylation sites (tertiary alicyclic amines) is 1. The number of methoxy groups -OCH3 is 1. The van der Waals surface area contributed by atoms with Gasteiger partial charge in [0.2, 0.25) is 5.91 Å². The van der Waals surface area contributed by atoms with Gasteiger partial charge in [-0.3, -0.25) is 4.79 Å². The van der Waals surface area contributed by atoms with Crippen molar-refractivity contribution >= 4 is 24.3 Å². The van der Waals surface area contributed by atoms with E-state index in [0.717, 1.165) is 32.2 Å². The van der Waals surface area contributed by atoms with E-state index in [4.69, 9.17) is 4.74 Å². The van der Waals surface area contributed by atoms with E-state index < -0.39 is 0 Å². The molecule has 5 nitrogen and oxygen atoms in total. The fraction of sp³-hybridized carbons (Fsp3) is 0.818. The van der Waals surface area contributed by atoms with Gasteiger partial charge in [0, 0.05) is 6.54 Å². The number of nitrogens with one attached hydrogen (secondary N) is 1. The lowest BCUT2D eigenvalue weighted by molar-refractivity contribution is -0.151. The van der Waals surface area contributed by atoms with Crippen LogP contribution < -0.4 is 5.32 Å². The van der Waals surface area contributed by atoms with Crippen LogP contribution in [0.5, 0.6) is 0 Å². The van der Waals surface area contributed by atoms with Crippen molar-refractivity contribution in [3.8, 4) is 0 Å². The van der Waals surface area contributed by atoms with Crippen molar-refractivity contribution in [3.05, 3.63) is 0 Å². The number of hydrogen-bond acceptors (Lipinski definition) is 4. The lowest BCUT2D eigenvalue weighted by Gasteiger charge is -2.25. The van der Waals surface area contributed by atoms with Crippen LogP contribution in [0.1, 0.15) is 25.7 Å². The van der Waals surface area contributed by atoms with E-state index >= 15 is 0 Å². The molecule has 0 saturated carbocycles. The van der Waals surface area contributed by atoms with Gasteiger partial charge in [0.15, 0.2) is 0 Å². The molecule has 1 unspecified atom stereocenters. The van der Waals surface area contributed by atoms with E-state index in [0.29, 0.717) is 6.54 Å². The third kappa shape index (κ3) is 2.90. The van der Waals surface area contributed by atoms with Crippen molar-refractivity contribution in [1.82, 2.24) is 10.2 Å². The SMILES string of the molecule is COC(=O)[C@@H]1CCCN1C(=O)C1CCCN1.Cl. The van der Waals surface area contributed by atoms with Gasteiger partial charge in [0.05, 0.1) is 13.2 Å². The topological polar surface area (TPSA) is 58.6 Å². The second-order valence-electron chi connectivity index (χ2n) is 4.36. The molecule has 0 bridgehead atoms. The van der Waals surface area contributed by atoms with Gasteiger partial charge < -0.3 is 15.0 Å². The predicted molar refractivity (Wildman–Crippen MR) is 65.0 cm³/mol. The Morgan fingerprint density at radius 2 is 2.06 bits per heavy atom. The number of rotatable bonds is 2. The van der Waals surface area contributed by atoms with Crippen LogP contribution in [0, 0.1) is 0 Å². The largest absolute Gasteiger partial charge is 0.467 e. The van der Waals surface area contributed by atoms with E-state index in [1.54, 1.807) is 4.90 Å². The molecule has 2 fully saturated rings. The van der Waals surface area contributed by atoms with Crippen LogP contribution in [-0.2, 0) is 14.3 Å². The fourth-order valence-electron chi connectivity index (χ4n) is 2.51. The predicted octanol–water partition coefficient (Wildman–Crippen LogP) is 0.324. The first-order chi connectivity index (χ1) is 7.74. The maximum atomic E-state index is 12.1. The Morgan fingerprint density at radius 1 is 1.29 bits per heavy atom. The van der Waals surface area contributed by atoms with Gasteiger partial charge in [-0.05, 0) is 32.2 Å². The van der Waals surface area contributed by atoms with Gasteiger partial charge in [0.1, 0.15) is 6.04 Å². The summed E-state index contributed by atoms with van der Waals surface area (Å²) in [5.41, 5.74) is 0. The van der Waals surface area contributed by atoms with E-state index in [2.05, 4.69) is 5.32 Å². The highest BCUT2D eigenvalue weighted by molar-refractivity contribution is 5.88. The molecule has 0 aromatic heterocycles. The Labute approximate surface area is 107 Å². The molecule has 6 heteroatoms. The summed E-state index contributed by atoms with van der Waals surface area (Å²) >= 11 is 0. The molecule has 17 heavy (non-hydrogen) atoms. The highest BCUT2D eigenvalue weighted by atomic mass is 35.5. The smallest absolute Gasteiger partial charge is 0.328 e. The summed E-state index contributed by atoms with van der Waals surface area (Å²) in [6.07, 6.45) is 3.53. The molecule has 0 aromatic carbocycles. The number of amides is 1. The molecule has 2 rings (SSSR count). The van der Waals surface area contributed by atoms with Crippen LogP contribution in [0.3, 0.4) is 0 Å². The van der Waals surface area contributed by atoms with E-state index in [9.17, 15) is 9.59 Å². The monoisotopic (exact) mass is 262 g/mol. The summed E-state index contributed by atoms with van der Waals surface area (Å²) in [6.45, 7) is 1.57. The maximum Gasteiger partial charge on any atom is 0.328 e.